The van der Waals surface area contributed by atoms with Gasteiger partial charge in [-0.2, -0.15) is 5.26 Å². The average Bonchev–Trinajstić information content (AvgIpc) is 2.52. The van der Waals surface area contributed by atoms with Gasteiger partial charge >= 0.3 is 0 Å². The van der Waals surface area contributed by atoms with Crippen LogP contribution in [0.4, 0.5) is 0 Å². The van der Waals surface area contributed by atoms with Crippen LogP contribution in [0.2, 0.25) is 0 Å². The van der Waals surface area contributed by atoms with E-state index in [4.69, 9.17) is 5.26 Å². The van der Waals surface area contributed by atoms with Crippen molar-refractivity contribution in [3.05, 3.63) is 0 Å². The Morgan fingerprint density at radius 3 is 2.54 bits per heavy atom. The van der Waals surface area contributed by atoms with E-state index in [1.165, 1.54) is 12.8 Å². The molecule has 74 valence electrons. The zero-order valence-electron chi connectivity index (χ0n) is 7.49. The Balaban J connectivity index is 2.29. The van der Waals surface area contributed by atoms with E-state index in [2.05, 4.69) is 4.72 Å². The Bertz CT molecular complexity index is 286. The third-order valence-electron chi connectivity index (χ3n) is 2.32. The van der Waals surface area contributed by atoms with Gasteiger partial charge in [-0.25, -0.2) is 13.1 Å². The molecule has 0 saturated heterocycles. The summed E-state index contributed by atoms with van der Waals surface area (Å²) in [7, 11) is -3.33. The largest absolute Gasteiger partial charge is 0.225 e. The molecule has 0 aliphatic heterocycles. The van der Waals surface area contributed by atoms with Crippen molar-refractivity contribution in [1.82, 2.24) is 4.72 Å². The molecule has 0 unspecified atom stereocenters. The summed E-state index contributed by atoms with van der Waals surface area (Å²) in [4.78, 5) is 0. The van der Waals surface area contributed by atoms with Gasteiger partial charge in [0.1, 0.15) is 0 Å². The summed E-state index contributed by atoms with van der Waals surface area (Å²) in [6.07, 6.45) is 4.61. The van der Waals surface area contributed by atoms with Gasteiger partial charge in [-0.05, 0) is 18.8 Å². The minimum absolute atomic E-state index is 0.431. The van der Waals surface area contributed by atoms with Crippen LogP contribution in [0.15, 0.2) is 0 Å². The minimum atomic E-state index is -3.33. The quantitative estimate of drug-likeness (QED) is 0.726. The number of hydrogen-bond donors (Lipinski definition) is 1. The molecular weight excluding hydrogens is 188 g/mol. The molecule has 0 aromatic heterocycles. The zero-order valence-corrected chi connectivity index (χ0v) is 8.31. The molecule has 1 fully saturated rings. The van der Waals surface area contributed by atoms with Crippen molar-refractivity contribution in [3.63, 3.8) is 0 Å². The maximum Gasteiger partial charge on any atom is 0.225 e. The van der Waals surface area contributed by atoms with Crippen LogP contribution in [0.3, 0.4) is 0 Å². The second-order valence-electron chi connectivity index (χ2n) is 3.42. The number of nitrogens with one attached hydrogen (secondary N) is 1. The van der Waals surface area contributed by atoms with Gasteiger partial charge in [0.2, 0.25) is 10.0 Å². The van der Waals surface area contributed by atoms with Crippen LogP contribution in [0.25, 0.3) is 0 Å². The standard InChI is InChI=1S/C8H14N2O2S/c9-5-6-13(11,12)10-7-8-3-1-2-4-8/h8,10H,1-4,6-7H2. The first-order chi connectivity index (χ1) is 6.14. The van der Waals surface area contributed by atoms with Crippen LogP contribution < -0.4 is 4.72 Å². The van der Waals surface area contributed by atoms with E-state index < -0.39 is 15.8 Å². The SMILES string of the molecule is N#CCS(=O)(=O)NCC1CCCC1. The van der Waals surface area contributed by atoms with Gasteiger partial charge in [-0.1, -0.05) is 12.8 Å². The molecular formula is C8H14N2O2S. The van der Waals surface area contributed by atoms with E-state index in [9.17, 15) is 8.42 Å². The average molecular weight is 202 g/mol. The van der Waals surface area contributed by atoms with E-state index in [-0.39, 0.29) is 0 Å². The lowest BCUT2D eigenvalue weighted by molar-refractivity contribution is 0.521. The number of rotatable bonds is 4. The van der Waals surface area contributed by atoms with Gasteiger partial charge in [0.05, 0.1) is 6.07 Å². The van der Waals surface area contributed by atoms with Gasteiger partial charge in [-0.15, -0.1) is 0 Å². The lowest BCUT2D eigenvalue weighted by atomic mass is 10.1. The molecule has 1 rings (SSSR count). The first kappa shape index (κ1) is 10.5. The van der Waals surface area contributed by atoms with Gasteiger partial charge in [0, 0.05) is 6.54 Å². The molecule has 0 heterocycles. The Hall–Kier alpha value is -0.600. The maximum atomic E-state index is 11.1. The summed E-state index contributed by atoms with van der Waals surface area (Å²) in [5, 5.41) is 8.22. The van der Waals surface area contributed by atoms with Crippen molar-refractivity contribution in [1.29, 1.82) is 5.26 Å². The van der Waals surface area contributed by atoms with Crippen LogP contribution in [-0.2, 0) is 10.0 Å². The summed E-state index contributed by atoms with van der Waals surface area (Å²) in [6, 6.07) is 1.63. The Kier molecular flexibility index (Phi) is 3.70. The van der Waals surface area contributed by atoms with Crippen molar-refractivity contribution in [2.75, 3.05) is 12.3 Å². The molecule has 0 aromatic rings. The van der Waals surface area contributed by atoms with Crippen molar-refractivity contribution < 1.29 is 8.42 Å². The third-order valence-corrected chi connectivity index (χ3v) is 3.44. The monoisotopic (exact) mass is 202 g/mol. The fraction of sp³-hybridized carbons (Fsp3) is 0.875. The second-order valence-corrected chi connectivity index (χ2v) is 5.22. The first-order valence-corrected chi connectivity index (χ1v) is 6.13. The summed E-state index contributed by atoms with van der Waals surface area (Å²) >= 11 is 0. The third kappa shape index (κ3) is 3.75. The van der Waals surface area contributed by atoms with E-state index in [0.29, 0.717) is 12.5 Å². The highest BCUT2D eigenvalue weighted by Crippen LogP contribution is 2.23. The fourth-order valence-electron chi connectivity index (χ4n) is 1.60. The highest BCUT2D eigenvalue weighted by molar-refractivity contribution is 7.89. The van der Waals surface area contributed by atoms with Gasteiger partial charge in [-0.3, -0.25) is 0 Å². The predicted octanol–water partition coefficient (Wildman–Crippen LogP) is 0.620. The summed E-state index contributed by atoms with van der Waals surface area (Å²) in [5.41, 5.74) is 0. The molecule has 0 amide bonds. The number of nitrogens with zero attached hydrogens (tertiary/aromatic N) is 1. The highest BCUT2D eigenvalue weighted by Gasteiger charge is 2.17. The fourth-order valence-corrected chi connectivity index (χ4v) is 2.36. The van der Waals surface area contributed by atoms with Gasteiger partial charge in [0.15, 0.2) is 5.75 Å². The highest BCUT2D eigenvalue weighted by atomic mass is 32.2. The molecule has 0 bridgehead atoms. The van der Waals surface area contributed by atoms with Crippen LogP contribution >= 0.6 is 0 Å². The summed E-state index contributed by atoms with van der Waals surface area (Å²) in [5.74, 6) is 0.0492. The molecule has 13 heavy (non-hydrogen) atoms. The molecule has 1 aliphatic rings. The Labute approximate surface area is 79.0 Å². The van der Waals surface area contributed by atoms with Crippen LogP contribution in [-0.4, -0.2) is 20.7 Å². The Morgan fingerprint density at radius 1 is 1.38 bits per heavy atom. The molecule has 0 atom stereocenters. The van der Waals surface area contributed by atoms with E-state index in [1.54, 1.807) is 6.07 Å². The number of hydrogen-bond acceptors (Lipinski definition) is 3. The molecule has 1 saturated carbocycles. The predicted molar refractivity (Wildman–Crippen MR) is 49.4 cm³/mol. The van der Waals surface area contributed by atoms with Crippen molar-refractivity contribution in [2.45, 2.75) is 25.7 Å². The second kappa shape index (κ2) is 4.58. The van der Waals surface area contributed by atoms with Gasteiger partial charge in [0.25, 0.3) is 0 Å². The van der Waals surface area contributed by atoms with Crippen molar-refractivity contribution >= 4 is 10.0 Å². The molecule has 0 aromatic carbocycles. The van der Waals surface area contributed by atoms with Crippen LogP contribution in [0.1, 0.15) is 25.7 Å². The van der Waals surface area contributed by atoms with Gasteiger partial charge < -0.3 is 0 Å². The first-order valence-electron chi connectivity index (χ1n) is 4.48. The summed E-state index contributed by atoms with van der Waals surface area (Å²) < 4.78 is 24.6. The molecule has 4 nitrogen and oxygen atoms in total. The molecule has 1 aliphatic carbocycles. The lowest BCUT2D eigenvalue weighted by Gasteiger charge is -2.08. The smallest absolute Gasteiger partial charge is 0.214 e. The topological polar surface area (TPSA) is 70.0 Å². The number of sulfonamides is 1. The molecule has 5 heteroatoms. The van der Waals surface area contributed by atoms with E-state index in [0.717, 1.165) is 12.8 Å². The lowest BCUT2D eigenvalue weighted by Crippen LogP contribution is -2.30. The minimum Gasteiger partial charge on any atom is -0.214 e. The summed E-state index contributed by atoms with van der Waals surface area (Å²) in [6.45, 7) is 0.504. The van der Waals surface area contributed by atoms with Crippen molar-refractivity contribution in [2.24, 2.45) is 5.92 Å². The van der Waals surface area contributed by atoms with Crippen molar-refractivity contribution in [3.8, 4) is 6.07 Å². The maximum absolute atomic E-state index is 11.1. The molecule has 0 radical (unpaired) electrons. The van der Waals surface area contributed by atoms with E-state index in [1.807, 2.05) is 0 Å². The normalized spacial score (nSPS) is 18.7. The Morgan fingerprint density at radius 2 is 2.00 bits per heavy atom. The van der Waals surface area contributed by atoms with Crippen LogP contribution in [0.5, 0.6) is 0 Å². The zero-order chi connectivity index (χ0) is 9.73. The molecule has 1 N–H and O–H groups in total. The number of nitriles is 1. The van der Waals surface area contributed by atoms with E-state index >= 15 is 0 Å². The molecule has 0 spiro atoms. The van der Waals surface area contributed by atoms with Crippen LogP contribution in [0, 0.1) is 17.2 Å².